The quantitative estimate of drug-likeness (QED) is 0.887. The lowest BCUT2D eigenvalue weighted by molar-refractivity contribution is -0.128. The van der Waals surface area contributed by atoms with Crippen LogP contribution in [0.5, 0.6) is 0 Å². The lowest BCUT2D eigenvalue weighted by atomic mass is 9.78. The molecule has 0 unspecified atom stereocenters. The number of anilines is 1. The Labute approximate surface area is 150 Å². The Balaban J connectivity index is 2.02. The minimum absolute atomic E-state index is 0.239. The van der Waals surface area contributed by atoms with Crippen LogP contribution in [0.1, 0.15) is 26.7 Å². The van der Waals surface area contributed by atoms with Crippen molar-refractivity contribution in [2.45, 2.75) is 26.7 Å². The van der Waals surface area contributed by atoms with Crippen LogP contribution in [0.4, 0.5) is 10.5 Å². The first-order valence-electron chi connectivity index (χ1n) is 7.81. The molecule has 128 valence electrons. The fourth-order valence-electron chi connectivity index (χ4n) is 3.30. The predicted molar refractivity (Wildman–Crippen MR) is 94.5 cm³/mol. The second-order valence-corrected chi connectivity index (χ2v) is 6.67. The van der Waals surface area contributed by atoms with Gasteiger partial charge in [0.15, 0.2) is 0 Å². The topological polar surface area (TPSA) is 65.0 Å². The number of nitrogens with zero attached hydrogens (tertiary/aromatic N) is 3. The molecule has 2 heterocycles. The van der Waals surface area contributed by atoms with Crippen molar-refractivity contribution in [3.05, 3.63) is 28.2 Å². The Hall–Kier alpha value is -1.79. The molecule has 3 amide bonds. The Morgan fingerprint density at radius 2 is 1.83 bits per heavy atom. The van der Waals surface area contributed by atoms with Gasteiger partial charge >= 0.3 is 6.03 Å². The monoisotopic (exact) mass is 368 g/mol. The molecule has 2 aliphatic rings. The molecule has 1 aromatic rings. The number of aliphatic imine (C=N–C) groups is 1. The van der Waals surface area contributed by atoms with Gasteiger partial charge in [0.25, 0.3) is 0 Å². The standard InChI is InChI=1S/C16H18Cl2N4O2/c1-3-16(4-2)13-19-8-21(9-22(13)15(24)20-14(16)23)12-10(17)6-5-7-11(12)18/h5-7H,3-4,8-9H2,1-2H3,(H,20,23,24). The van der Waals surface area contributed by atoms with Gasteiger partial charge in [-0.15, -0.1) is 0 Å². The van der Waals surface area contributed by atoms with E-state index in [9.17, 15) is 9.59 Å². The molecule has 1 fully saturated rings. The number of para-hydroxylation sites is 1. The van der Waals surface area contributed by atoms with Gasteiger partial charge in [0.05, 0.1) is 15.7 Å². The average Bonchev–Trinajstić information content (AvgIpc) is 2.56. The van der Waals surface area contributed by atoms with Gasteiger partial charge in [0.1, 0.15) is 24.6 Å². The molecule has 8 heteroatoms. The summed E-state index contributed by atoms with van der Waals surface area (Å²) in [6.45, 7) is 4.38. The molecule has 1 N–H and O–H groups in total. The minimum Gasteiger partial charge on any atom is -0.331 e. The van der Waals surface area contributed by atoms with Crippen molar-refractivity contribution in [3.63, 3.8) is 0 Å². The van der Waals surface area contributed by atoms with Crippen molar-refractivity contribution < 1.29 is 9.59 Å². The second-order valence-electron chi connectivity index (χ2n) is 5.85. The van der Waals surface area contributed by atoms with Crippen LogP contribution in [0.2, 0.25) is 10.0 Å². The van der Waals surface area contributed by atoms with Crippen molar-refractivity contribution in [1.29, 1.82) is 0 Å². The molecule has 0 bridgehead atoms. The number of halogens is 2. The van der Waals surface area contributed by atoms with Gasteiger partial charge in [-0.2, -0.15) is 0 Å². The van der Waals surface area contributed by atoms with E-state index in [-0.39, 0.29) is 19.2 Å². The molecule has 1 saturated heterocycles. The van der Waals surface area contributed by atoms with E-state index in [0.717, 1.165) is 0 Å². The number of nitrogens with one attached hydrogen (secondary N) is 1. The number of rotatable bonds is 3. The van der Waals surface area contributed by atoms with Gasteiger partial charge in [0, 0.05) is 0 Å². The normalized spacial score (nSPS) is 19.8. The zero-order valence-corrected chi connectivity index (χ0v) is 15.0. The highest BCUT2D eigenvalue weighted by Crippen LogP contribution is 2.38. The summed E-state index contributed by atoms with van der Waals surface area (Å²) in [5, 5.41) is 3.43. The number of hydrogen-bond donors (Lipinski definition) is 1. The molecular weight excluding hydrogens is 351 g/mol. The van der Waals surface area contributed by atoms with E-state index >= 15 is 0 Å². The van der Waals surface area contributed by atoms with Crippen LogP contribution >= 0.6 is 23.2 Å². The van der Waals surface area contributed by atoms with Gasteiger partial charge in [-0.05, 0) is 25.0 Å². The van der Waals surface area contributed by atoms with Crippen molar-refractivity contribution in [2.24, 2.45) is 10.4 Å². The average molecular weight is 369 g/mol. The number of hydrogen-bond acceptors (Lipinski definition) is 4. The molecule has 0 aromatic heterocycles. The largest absolute Gasteiger partial charge is 0.331 e. The smallest absolute Gasteiger partial charge is 0.331 e. The van der Waals surface area contributed by atoms with E-state index in [0.29, 0.717) is 34.4 Å². The summed E-state index contributed by atoms with van der Waals surface area (Å²) in [6, 6.07) is 4.77. The number of urea groups is 1. The Bertz CT molecular complexity index is 711. The van der Waals surface area contributed by atoms with Gasteiger partial charge in [-0.1, -0.05) is 43.1 Å². The molecule has 0 radical (unpaired) electrons. The van der Waals surface area contributed by atoms with Crippen molar-refractivity contribution in [1.82, 2.24) is 10.2 Å². The van der Waals surface area contributed by atoms with Gasteiger partial charge in [-0.3, -0.25) is 15.0 Å². The SMILES string of the molecule is CCC1(CC)C(=O)NC(=O)N2CN(c3c(Cl)cccc3Cl)CN=C21. The van der Waals surface area contributed by atoms with Crippen LogP contribution in [0.3, 0.4) is 0 Å². The van der Waals surface area contributed by atoms with Crippen LogP contribution in [-0.4, -0.2) is 36.0 Å². The maximum absolute atomic E-state index is 12.4. The third kappa shape index (κ3) is 2.45. The fraction of sp³-hybridized carbons (Fsp3) is 0.438. The summed E-state index contributed by atoms with van der Waals surface area (Å²) in [5.41, 5.74) is -0.142. The van der Waals surface area contributed by atoms with Crippen LogP contribution < -0.4 is 10.2 Å². The van der Waals surface area contributed by atoms with E-state index in [1.165, 1.54) is 4.90 Å². The van der Waals surface area contributed by atoms with Crippen LogP contribution in [0.15, 0.2) is 23.2 Å². The predicted octanol–water partition coefficient (Wildman–Crippen LogP) is 3.49. The van der Waals surface area contributed by atoms with E-state index in [4.69, 9.17) is 23.2 Å². The number of amides is 3. The zero-order valence-electron chi connectivity index (χ0n) is 13.5. The number of carbonyl (C=O) groups is 2. The first-order valence-corrected chi connectivity index (χ1v) is 8.57. The molecule has 24 heavy (non-hydrogen) atoms. The lowest BCUT2D eigenvalue weighted by Gasteiger charge is -2.46. The van der Waals surface area contributed by atoms with Gasteiger partial charge in [-0.25, -0.2) is 9.79 Å². The van der Waals surface area contributed by atoms with Crippen molar-refractivity contribution in [2.75, 3.05) is 18.2 Å². The van der Waals surface area contributed by atoms with Gasteiger partial charge in [0.2, 0.25) is 5.91 Å². The first-order chi connectivity index (χ1) is 11.4. The summed E-state index contributed by atoms with van der Waals surface area (Å²) in [5.74, 6) is 0.248. The zero-order chi connectivity index (χ0) is 17.5. The summed E-state index contributed by atoms with van der Waals surface area (Å²) in [7, 11) is 0. The Morgan fingerprint density at radius 1 is 1.21 bits per heavy atom. The summed E-state index contributed by atoms with van der Waals surface area (Å²) < 4.78 is 0. The molecular formula is C16H18Cl2N4O2. The number of carbonyl (C=O) groups excluding carboxylic acids is 2. The third-order valence-corrected chi connectivity index (χ3v) is 5.36. The highest BCUT2D eigenvalue weighted by molar-refractivity contribution is 6.39. The summed E-state index contributed by atoms with van der Waals surface area (Å²) >= 11 is 12.5. The number of imide groups is 1. The second kappa shape index (κ2) is 6.26. The lowest BCUT2D eigenvalue weighted by Crippen LogP contribution is -2.67. The molecule has 0 atom stereocenters. The highest BCUT2D eigenvalue weighted by Gasteiger charge is 2.50. The number of fused-ring (bicyclic) bond motifs is 1. The maximum Gasteiger partial charge on any atom is 0.331 e. The van der Waals surface area contributed by atoms with E-state index in [2.05, 4.69) is 10.3 Å². The van der Waals surface area contributed by atoms with Gasteiger partial charge < -0.3 is 4.90 Å². The minimum atomic E-state index is -0.774. The summed E-state index contributed by atoms with van der Waals surface area (Å²) in [6.07, 6.45) is 1.15. The molecule has 0 aliphatic carbocycles. The van der Waals surface area contributed by atoms with E-state index < -0.39 is 11.4 Å². The molecule has 1 aromatic carbocycles. The van der Waals surface area contributed by atoms with Crippen molar-refractivity contribution >= 4 is 46.7 Å². The molecule has 2 aliphatic heterocycles. The van der Waals surface area contributed by atoms with E-state index in [1.807, 2.05) is 18.7 Å². The third-order valence-electron chi connectivity index (χ3n) is 4.75. The summed E-state index contributed by atoms with van der Waals surface area (Å²) in [4.78, 5) is 32.6. The molecule has 0 spiro atoms. The van der Waals surface area contributed by atoms with E-state index in [1.54, 1.807) is 18.2 Å². The number of benzene rings is 1. The maximum atomic E-state index is 12.4. The molecule has 6 nitrogen and oxygen atoms in total. The fourth-order valence-corrected chi connectivity index (χ4v) is 3.93. The first kappa shape index (κ1) is 17.0. The Kier molecular flexibility index (Phi) is 4.44. The number of amidine groups is 1. The van der Waals surface area contributed by atoms with Crippen LogP contribution in [0, 0.1) is 5.41 Å². The Morgan fingerprint density at radius 3 is 2.42 bits per heavy atom. The van der Waals surface area contributed by atoms with Crippen LogP contribution in [0.25, 0.3) is 0 Å². The van der Waals surface area contributed by atoms with Crippen molar-refractivity contribution in [3.8, 4) is 0 Å². The van der Waals surface area contributed by atoms with Crippen LogP contribution in [-0.2, 0) is 4.79 Å². The molecule has 0 saturated carbocycles. The highest BCUT2D eigenvalue weighted by atomic mass is 35.5. The molecule has 3 rings (SSSR count).